The van der Waals surface area contributed by atoms with E-state index >= 15 is 0 Å². The third kappa shape index (κ3) is 2.18. The van der Waals surface area contributed by atoms with Gasteiger partial charge in [-0.25, -0.2) is 4.79 Å². The molecule has 0 aliphatic heterocycles. The highest BCUT2D eigenvalue weighted by atomic mass is 32.1. The summed E-state index contributed by atoms with van der Waals surface area (Å²) in [6.45, 7) is 0. The Morgan fingerprint density at radius 3 is 2.94 bits per heavy atom. The average Bonchev–Trinajstić information content (AvgIpc) is 2.93. The van der Waals surface area contributed by atoms with Gasteiger partial charge in [0.2, 0.25) is 0 Å². The molecule has 0 bridgehead atoms. The SMILES string of the molecule is O=C(OC1CCCc2ccccc21)c1cccs1. The van der Waals surface area contributed by atoms with E-state index in [9.17, 15) is 4.79 Å². The van der Waals surface area contributed by atoms with Crippen molar-refractivity contribution in [2.24, 2.45) is 0 Å². The third-order valence-corrected chi connectivity index (χ3v) is 4.14. The minimum Gasteiger partial charge on any atom is -0.453 e. The van der Waals surface area contributed by atoms with Crippen LogP contribution >= 0.6 is 11.3 Å². The summed E-state index contributed by atoms with van der Waals surface area (Å²) in [5, 5.41) is 1.89. The number of fused-ring (bicyclic) bond motifs is 1. The topological polar surface area (TPSA) is 26.3 Å². The van der Waals surface area contributed by atoms with Gasteiger partial charge in [0.05, 0.1) is 0 Å². The number of ether oxygens (including phenoxy) is 1. The van der Waals surface area contributed by atoms with Crippen molar-refractivity contribution in [2.45, 2.75) is 25.4 Å². The van der Waals surface area contributed by atoms with Gasteiger partial charge in [-0.05, 0) is 41.8 Å². The summed E-state index contributed by atoms with van der Waals surface area (Å²) in [5.74, 6) is -0.202. The molecular weight excluding hydrogens is 244 g/mol. The predicted molar refractivity (Wildman–Crippen MR) is 71.9 cm³/mol. The molecule has 0 saturated carbocycles. The molecular formula is C15H14O2S. The smallest absolute Gasteiger partial charge is 0.348 e. The van der Waals surface area contributed by atoms with Crippen molar-refractivity contribution in [3.8, 4) is 0 Å². The molecule has 0 fully saturated rings. The Hall–Kier alpha value is -1.61. The molecule has 1 unspecified atom stereocenters. The molecule has 18 heavy (non-hydrogen) atoms. The van der Waals surface area contributed by atoms with E-state index in [2.05, 4.69) is 12.1 Å². The van der Waals surface area contributed by atoms with Gasteiger partial charge in [-0.2, -0.15) is 0 Å². The first-order valence-corrected chi connectivity index (χ1v) is 7.05. The molecule has 92 valence electrons. The Balaban J connectivity index is 1.80. The maximum atomic E-state index is 12.0. The van der Waals surface area contributed by atoms with Crippen molar-refractivity contribution in [1.82, 2.24) is 0 Å². The third-order valence-electron chi connectivity index (χ3n) is 3.29. The van der Waals surface area contributed by atoms with Gasteiger partial charge in [0.15, 0.2) is 0 Å². The molecule has 1 aliphatic rings. The van der Waals surface area contributed by atoms with Gasteiger partial charge in [-0.15, -0.1) is 11.3 Å². The standard InChI is InChI=1S/C15H14O2S/c16-15(14-9-4-10-18-14)17-13-8-3-6-11-5-1-2-7-12(11)13/h1-2,4-5,7,9-10,13H,3,6,8H2. The van der Waals surface area contributed by atoms with E-state index < -0.39 is 0 Å². The molecule has 0 saturated heterocycles. The lowest BCUT2D eigenvalue weighted by molar-refractivity contribution is 0.0262. The Bertz CT molecular complexity index is 545. The summed E-state index contributed by atoms with van der Waals surface area (Å²) in [4.78, 5) is 12.7. The number of rotatable bonds is 2. The van der Waals surface area contributed by atoms with E-state index in [1.165, 1.54) is 22.5 Å². The van der Waals surface area contributed by atoms with Crippen LogP contribution in [0.3, 0.4) is 0 Å². The van der Waals surface area contributed by atoms with Gasteiger partial charge in [-0.1, -0.05) is 30.3 Å². The molecule has 0 spiro atoms. The zero-order valence-electron chi connectivity index (χ0n) is 9.96. The average molecular weight is 258 g/mol. The van der Waals surface area contributed by atoms with E-state index in [-0.39, 0.29) is 12.1 Å². The van der Waals surface area contributed by atoms with Crippen LogP contribution in [0.1, 0.15) is 39.7 Å². The highest BCUT2D eigenvalue weighted by Gasteiger charge is 2.23. The van der Waals surface area contributed by atoms with Crippen LogP contribution < -0.4 is 0 Å². The summed E-state index contributed by atoms with van der Waals surface area (Å²) < 4.78 is 5.63. The van der Waals surface area contributed by atoms with Crippen molar-refractivity contribution >= 4 is 17.3 Å². The molecule has 1 heterocycles. The number of esters is 1. The van der Waals surface area contributed by atoms with Gasteiger partial charge in [0.1, 0.15) is 11.0 Å². The number of carbonyl (C=O) groups excluding carboxylic acids is 1. The van der Waals surface area contributed by atoms with Crippen LogP contribution in [0.4, 0.5) is 0 Å². The quantitative estimate of drug-likeness (QED) is 0.761. The Kier molecular flexibility index (Phi) is 3.15. The Morgan fingerprint density at radius 2 is 2.11 bits per heavy atom. The number of thiophene rings is 1. The Labute approximate surface area is 110 Å². The number of hydrogen-bond donors (Lipinski definition) is 0. The lowest BCUT2D eigenvalue weighted by atomic mass is 9.89. The highest BCUT2D eigenvalue weighted by Crippen LogP contribution is 2.33. The van der Waals surface area contributed by atoms with Gasteiger partial charge in [0, 0.05) is 0 Å². The van der Waals surface area contributed by atoms with Crippen molar-refractivity contribution in [2.75, 3.05) is 0 Å². The van der Waals surface area contributed by atoms with E-state index in [1.54, 1.807) is 0 Å². The molecule has 1 atom stereocenters. The second-order valence-electron chi connectivity index (χ2n) is 4.46. The molecule has 3 heteroatoms. The molecule has 0 radical (unpaired) electrons. The van der Waals surface area contributed by atoms with Crippen LogP contribution in [0.15, 0.2) is 41.8 Å². The van der Waals surface area contributed by atoms with Crippen LogP contribution in [-0.2, 0) is 11.2 Å². The summed E-state index contributed by atoms with van der Waals surface area (Å²) in [7, 11) is 0. The van der Waals surface area contributed by atoms with Crippen molar-refractivity contribution < 1.29 is 9.53 Å². The minimum atomic E-state index is -0.202. The number of hydrogen-bond acceptors (Lipinski definition) is 3. The first-order valence-electron chi connectivity index (χ1n) is 6.17. The molecule has 1 aromatic heterocycles. The second kappa shape index (κ2) is 4.94. The van der Waals surface area contributed by atoms with E-state index in [4.69, 9.17) is 4.74 Å². The van der Waals surface area contributed by atoms with E-state index in [0.717, 1.165) is 19.3 Å². The van der Waals surface area contributed by atoms with Crippen LogP contribution in [0, 0.1) is 0 Å². The fourth-order valence-electron chi connectivity index (χ4n) is 2.41. The van der Waals surface area contributed by atoms with Crippen LogP contribution in [-0.4, -0.2) is 5.97 Å². The molecule has 2 nitrogen and oxygen atoms in total. The summed E-state index contributed by atoms with van der Waals surface area (Å²) in [6.07, 6.45) is 3.01. The number of carbonyl (C=O) groups is 1. The molecule has 0 N–H and O–H groups in total. The van der Waals surface area contributed by atoms with Crippen LogP contribution in [0.2, 0.25) is 0 Å². The summed E-state index contributed by atoms with van der Waals surface area (Å²) in [5.41, 5.74) is 2.49. The first-order chi connectivity index (χ1) is 8.84. The molecule has 1 aliphatic carbocycles. The van der Waals surface area contributed by atoms with Gasteiger partial charge >= 0.3 is 5.97 Å². The minimum absolute atomic E-state index is 0.0791. The molecule has 0 amide bonds. The molecule has 1 aromatic carbocycles. The van der Waals surface area contributed by atoms with Crippen molar-refractivity contribution in [1.29, 1.82) is 0 Å². The number of benzene rings is 1. The van der Waals surface area contributed by atoms with Crippen LogP contribution in [0.5, 0.6) is 0 Å². The Morgan fingerprint density at radius 1 is 1.22 bits per heavy atom. The van der Waals surface area contributed by atoms with Gasteiger partial charge < -0.3 is 4.74 Å². The van der Waals surface area contributed by atoms with Crippen LogP contribution in [0.25, 0.3) is 0 Å². The lowest BCUT2D eigenvalue weighted by Gasteiger charge is -2.25. The first kappa shape index (κ1) is 11.5. The number of aryl methyl sites for hydroxylation is 1. The normalized spacial score (nSPS) is 18.1. The highest BCUT2D eigenvalue weighted by molar-refractivity contribution is 7.11. The fourth-order valence-corrected chi connectivity index (χ4v) is 3.02. The predicted octanol–water partition coefficient (Wildman–Crippen LogP) is 3.98. The molecule has 3 rings (SSSR count). The zero-order chi connectivity index (χ0) is 12.4. The monoisotopic (exact) mass is 258 g/mol. The van der Waals surface area contributed by atoms with Gasteiger partial charge in [0.25, 0.3) is 0 Å². The van der Waals surface area contributed by atoms with Crippen molar-refractivity contribution in [3.05, 3.63) is 57.8 Å². The fraction of sp³-hybridized carbons (Fsp3) is 0.267. The van der Waals surface area contributed by atoms with Crippen molar-refractivity contribution in [3.63, 3.8) is 0 Å². The molecule has 2 aromatic rings. The summed E-state index contributed by atoms with van der Waals surface area (Å²) in [6, 6.07) is 11.9. The maximum absolute atomic E-state index is 12.0. The van der Waals surface area contributed by atoms with E-state index in [1.807, 2.05) is 29.6 Å². The largest absolute Gasteiger partial charge is 0.453 e. The van der Waals surface area contributed by atoms with E-state index in [0.29, 0.717) is 4.88 Å². The maximum Gasteiger partial charge on any atom is 0.348 e. The lowest BCUT2D eigenvalue weighted by Crippen LogP contribution is -2.16. The summed E-state index contributed by atoms with van der Waals surface area (Å²) >= 11 is 1.43. The van der Waals surface area contributed by atoms with Gasteiger partial charge in [-0.3, -0.25) is 0 Å². The second-order valence-corrected chi connectivity index (χ2v) is 5.41. The zero-order valence-corrected chi connectivity index (χ0v) is 10.8.